The standard InChI is InChI=1S/C7H6F3NO2/c1-13-4-2-3(8)7(12)11-5(4)6(9)10/h2,6H,1H3,(H,11,12). The monoisotopic (exact) mass is 193 g/mol. The SMILES string of the molecule is COc1cc(F)c(=O)[nH]c1C(F)F. The maximum atomic E-state index is 12.5. The fourth-order valence-electron chi connectivity index (χ4n) is 0.833. The number of pyridine rings is 1. The lowest BCUT2D eigenvalue weighted by Crippen LogP contribution is -2.14. The molecule has 0 unspecified atom stereocenters. The molecule has 0 saturated heterocycles. The Hall–Kier alpha value is -1.46. The number of alkyl halides is 2. The van der Waals surface area contributed by atoms with Crippen molar-refractivity contribution in [2.45, 2.75) is 6.43 Å². The minimum Gasteiger partial charge on any atom is -0.495 e. The number of aromatic nitrogens is 1. The van der Waals surface area contributed by atoms with Gasteiger partial charge in [0.2, 0.25) is 0 Å². The molecule has 3 nitrogen and oxygen atoms in total. The summed E-state index contributed by atoms with van der Waals surface area (Å²) in [7, 11) is 1.11. The Morgan fingerprint density at radius 3 is 2.62 bits per heavy atom. The van der Waals surface area contributed by atoms with Crippen molar-refractivity contribution in [1.29, 1.82) is 0 Å². The molecule has 0 radical (unpaired) electrons. The van der Waals surface area contributed by atoms with Crippen molar-refractivity contribution in [3.8, 4) is 5.75 Å². The summed E-state index contributed by atoms with van der Waals surface area (Å²) in [5, 5.41) is 0. The molecule has 0 bridgehead atoms. The molecule has 0 saturated carbocycles. The Kier molecular flexibility index (Phi) is 2.60. The van der Waals surface area contributed by atoms with Crippen molar-refractivity contribution in [1.82, 2.24) is 4.98 Å². The van der Waals surface area contributed by atoms with Crippen LogP contribution in [0.25, 0.3) is 0 Å². The Morgan fingerprint density at radius 2 is 2.15 bits per heavy atom. The van der Waals surface area contributed by atoms with Gasteiger partial charge in [-0.2, -0.15) is 0 Å². The number of methoxy groups -OCH3 is 1. The van der Waals surface area contributed by atoms with Crippen LogP contribution in [0.1, 0.15) is 12.1 Å². The lowest BCUT2D eigenvalue weighted by molar-refractivity contribution is 0.140. The first-order valence-electron chi connectivity index (χ1n) is 3.31. The lowest BCUT2D eigenvalue weighted by atomic mass is 10.3. The molecule has 1 aromatic rings. The van der Waals surface area contributed by atoms with Gasteiger partial charge in [0.05, 0.1) is 7.11 Å². The second-order valence-electron chi connectivity index (χ2n) is 2.23. The summed E-state index contributed by atoms with van der Waals surface area (Å²) >= 11 is 0. The van der Waals surface area contributed by atoms with Gasteiger partial charge in [-0.25, -0.2) is 13.2 Å². The molecule has 1 aromatic heterocycles. The molecule has 0 aliphatic heterocycles. The van der Waals surface area contributed by atoms with Gasteiger partial charge in [0.25, 0.3) is 12.0 Å². The molecule has 72 valence electrons. The number of hydrogen-bond acceptors (Lipinski definition) is 2. The molecule has 1 heterocycles. The Labute approximate surface area is 71.2 Å². The van der Waals surface area contributed by atoms with Gasteiger partial charge in [-0.15, -0.1) is 0 Å². The molecule has 1 rings (SSSR count). The van der Waals surface area contributed by atoms with E-state index in [1.807, 2.05) is 0 Å². The maximum absolute atomic E-state index is 12.5. The first-order chi connectivity index (χ1) is 6.06. The van der Waals surface area contributed by atoms with Crippen LogP contribution in [0.5, 0.6) is 5.75 Å². The van der Waals surface area contributed by atoms with E-state index in [0.717, 1.165) is 7.11 Å². The number of hydrogen-bond donors (Lipinski definition) is 1. The summed E-state index contributed by atoms with van der Waals surface area (Å²) in [6.07, 6.45) is -2.90. The molecule has 1 N–H and O–H groups in total. The van der Waals surface area contributed by atoms with Crippen molar-refractivity contribution in [2.24, 2.45) is 0 Å². The second-order valence-corrected chi connectivity index (χ2v) is 2.23. The molecule has 0 aromatic carbocycles. The van der Waals surface area contributed by atoms with Crippen molar-refractivity contribution in [3.63, 3.8) is 0 Å². The fraction of sp³-hybridized carbons (Fsp3) is 0.286. The van der Waals surface area contributed by atoms with E-state index in [0.29, 0.717) is 6.07 Å². The van der Waals surface area contributed by atoms with Crippen molar-refractivity contribution in [2.75, 3.05) is 7.11 Å². The van der Waals surface area contributed by atoms with Crippen LogP contribution < -0.4 is 10.3 Å². The van der Waals surface area contributed by atoms with Crippen LogP contribution >= 0.6 is 0 Å². The number of ether oxygens (including phenoxy) is 1. The normalized spacial score (nSPS) is 10.5. The molecular weight excluding hydrogens is 187 g/mol. The second kappa shape index (κ2) is 3.51. The first-order valence-corrected chi connectivity index (χ1v) is 3.31. The van der Waals surface area contributed by atoms with Crippen LogP contribution in [0.2, 0.25) is 0 Å². The van der Waals surface area contributed by atoms with Gasteiger partial charge in [0.1, 0.15) is 11.4 Å². The Bertz CT molecular complexity index is 361. The maximum Gasteiger partial charge on any atom is 0.284 e. The summed E-state index contributed by atoms with van der Waals surface area (Å²) in [5.41, 5.74) is -1.90. The zero-order valence-corrected chi connectivity index (χ0v) is 6.61. The molecule has 6 heteroatoms. The van der Waals surface area contributed by atoms with Crippen LogP contribution in [-0.2, 0) is 0 Å². The van der Waals surface area contributed by atoms with Gasteiger partial charge >= 0.3 is 0 Å². The molecule has 0 aliphatic rings. The third-order valence-corrected chi connectivity index (χ3v) is 1.43. The highest BCUT2D eigenvalue weighted by Crippen LogP contribution is 2.25. The van der Waals surface area contributed by atoms with E-state index in [-0.39, 0.29) is 5.75 Å². The predicted octanol–water partition coefficient (Wildman–Crippen LogP) is 1.46. The summed E-state index contributed by atoms with van der Waals surface area (Å²) in [4.78, 5) is 12.3. The largest absolute Gasteiger partial charge is 0.495 e. The topological polar surface area (TPSA) is 42.1 Å². The van der Waals surface area contributed by atoms with Crippen molar-refractivity contribution < 1.29 is 17.9 Å². The van der Waals surface area contributed by atoms with Gasteiger partial charge < -0.3 is 9.72 Å². The molecule has 0 spiro atoms. The molecule has 0 fully saturated rings. The van der Waals surface area contributed by atoms with E-state index in [1.165, 1.54) is 0 Å². The Morgan fingerprint density at radius 1 is 1.54 bits per heavy atom. The van der Waals surface area contributed by atoms with E-state index in [2.05, 4.69) is 4.74 Å². The fourth-order valence-corrected chi connectivity index (χ4v) is 0.833. The van der Waals surface area contributed by atoms with E-state index in [1.54, 1.807) is 4.98 Å². The highest BCUT2D eigenvalue weighted by atomic mass is 19.3. The first kappa shape index (κ1) is 9.63. The number of aromatic amines is 1. The lowest BCUT2D eigenvalue weighted by Gasteiger charge is -2.06. The van der Waals surface area contributed by atoms with Gasteiger partial charge in [0.15, 0.2) is 5.82 Å². The number of rotatable bonds is 2. The molecule has 0 atom stereocenters. The molecule has 13 heavy (non-hydrogen) atoms. The van der Waals surface area contributed by atoms with Crippen LogP contribution in [0.3, 0.4) is 0 Å². The summed E-state index contributed by atoms with van der Waals surface area (Å²) in [5.74, 6) is -1.52. The van der Waals surface area contributed by atoms with E-state index < -0.39 is 23.5 Å². The van der Waals surface area contributed by atoms with Crippen molar-refractivity contribution in [3.05, 3.63) is 27.9 Å². The van der Waals surface area contributed by atoms with Gasteiger partial charge in [-0.3, -0.25) is 4.79 Å². The summed E-state index contributed by atoms with van der Waals surface area (Å²) in [6.45, 7) is 0. The Balaban J connectivity index is 3.33. The summed E-state index contributed by atoms with van der Waals surface area (Å²) in [6, 6.07) is 0.625. The number of H-pyrrole nitrogens is 1. The highest BCUT2D eigenvalue weighted by Gasteiger charge is 2.16. The van der Waals surface area contributed by atoms with Crippen molar-refractivity contribution >= 4 is 0 Å². The average Bonchev–Trinajstić information content (AvgIpc) is 2.08. The van der Waals surface area contributed by atoms with Crippen LogP contribution in [0, 0.1) is 5.82 Å². The van der Waals surface area contributed by atoms with E-state index in [9.17, 15) is 18.0 Å². The van der Waals surface area contributed by atoms with Gasteiger partial charge in [0, 0.05) is 6.07 Å². The highest BCUT2D eigenvalue weighted by molar-refractivity contribution is 5.28. The summed E-state index contributed by atoms with van der Waals surface area (Å²) < 4.78 is 41.3. The van der Waals surface area contributed by atoms with Gasteiger partial charge in [-0.05, 0) is 0 Å². The predicted molar refractivity (Wildman–Crippen MR) is 38.5 cm³/mol. The third kappa shape index (κ3) is 1.82. The van der Waals surface area contributed by atoms with Crippen LogP contribution in [0.4, 0.5) is 13.2 Å². The zero-order valence-electron chi connectivity index (χ0n) is 6.61. The third-order valence-electron chi connectivity index (χ3n) is 1.43. The van der Waals surface area contributed by atoms with E-state index in [4.69, 9.17) is 0 Å². The number of halogens is 3. The van der Waals surface area contributed by atoms with E-state index >= 15 is 0 Å². The van der Waals surface area contributed by atoms with Gasteiger partial charge in [-0.1, -0.05) is 0 Å². The molecule has 0 aliphatic carbocycles. The van der Waals surface area contributed by atoms with Crippen LogP contribution in [-0.4, -0.2) is 12.1 Å². The minimum atomic E-state index is -2.90. The van der Waals surface area contributed by atoms with Crippen LogP contribution in [0.15, 0.2) is 10.9 Å². The zero-order chi connectivity index (χ0) is 10.0. The molecule has 0 amide bonds. The smallest absolute Gasteiger partial charge is 0.284 e. The molecular formula is C7H6F3NO2. The average molecular weight is 193 g/mol. The number of nitrogens with one attached hydrogen (secondary N) is 1. The quantitative estimate of drug-likeness (QED) is 0.772. The minimum absolute atomic E-state index is 0.368.